The van der Waals surface area contributed by atoms with Crippen LogP contribution in [0.5, 0.6) is 0 Å². The topological polar surface area (TPSA) is 38.1 Å². The molecule has 1 aromatic heterocycles. The van der Waals surface area contributed by atoms with Crippen molar-refractivity contribution in [3.8, 4) is 0 Å². The van der Waals surface area contributed by atoms with E-state index in [1.807, 2.05) is 0 Å². The van der Waals surface area contributed by atoms with Gasteiger partial charge in [-0.2, -0.15) is 0 Å². The molecule has 0 spiro atoms. The van der Waals surface area contributed by atoms with Crippen molar-refractivity contribution in [1.29, 1.82) is 0 Å². The Kier molecular flexibility index (Phi) is 1.29. The number of hydrogen-bond donors (Lipinski definition) is 1. The van der Waals surface area contributed by atoms with Gasteiger partial charge in [0.1, 0.15) is 5.76 Å². The third kappa shape index (κ3) is 0.959. The summed E-state index contributed by atoms with van der Waals surface area (Å²) in [6.07, 6.45) is 1.53. The van der Waals surface area contributed by atoms with Gasteiger partial charge in [-0.25, -0.2) is 4.98 Å². The van der Waals surface area contributed by atoms with Gasteiger partial charge in [0, 0.05) is 18.5 Å². The summed E-state index contributed by atoms with van der Waals surface area (Å²) in [4.78, 5) is 4.12. The molecule has 1 N–H and O–H groups in total. The number of nitrogens with zero attached hydrogens (tertiary/aromatic N) is 1. The summed E-state index contributed by atoms with van der Waals surface area (Å²) >= 11 is 0. The molecule has 2 rings (SSSR count). The maximum Gasteiger partial charge on any atom is 0.181 e. The molecule has 0 amide bonds. The van der Waals surface area contributed by atoms with E-state index in [1.54, 1.807) is 0 Å². The first-order valence-electron chi connectivity index (χ1n) is 3.84. The van der Waals surface area contributed by atoms with E-state index in [0.29, 0.717) is 0 Å². The Balaban J connectivity index is 2.48. The Bertz CT molecular complexity index is 265. The lowest BCUT2D eigenvalue weighted by molar-refractivity contribution is 0.340. The fraction of sp³-hybridized carbons (Fsp3) is 0.625. The minimum absolute atomic E-state index is 0.101. The zero-order valence-corrected chi connectivity index (χ0v) is 6.85. The minimum Gasteiger partial charge on any atom is -0.448 e. The number of fused-ring (bicyclic) bond motifs is 1. The van der Waals surface area contributed by atoms with Crippen molar-refractivity contribution >= 4 is 0 Å². The molecule has 0 fully saturated rings. The number of rotatable bonds is 0. The summed E-state index contributed by atoms with van der Waals surface area (Å²) in [6, 6.07) is 0. The van der Waals surface area contributed by atoms with Gasteiger partial charge in [0.2, 0.25) is 0 Å². The molecule has 11 heavy (non-hydrogen) atoms. The van der Waals surface area contributed by atoms with Crippen LogP contribution in [0.25, 0.3) is 0 Å². The van der Waals surface area contributed by atoms with Gasteiger partial charge in [-0.05, 0) is 0 Å². The Hall–Kier alpha value is -0.830. The van der Waals surface area contributed by atoms with Crippen LogP contribution in [-0.2, 0) is 12.0 Å². The van der Waals surface area contributed by atoms with Crippen LogP contribution in [0.1, 0.15) is 25.3 Å². The van der Waals surface area contributed by atoms with E-state index in [4.69, 9.17) is 4.42 Å². The van der Waals surface area contributed by atoms with Crippen LogP contribution in [0.4, 0.5) is 0 Å². The van der Waals surface area contributed by atoms with E-state index < -0.39 is 0 Å². The maximum absolute atomic E-state index is 5.32. The first kappa shape index (κ1) is 6.85. The van der Waals surface area contributed by atoms with Gasteiger partial charge >= 0.3 is 0 Å². The zero-order valence-electron chi connectivity index (χ0n) is 6.85. The second-order valence-corrected chi connectivity index (χ2v) is 3.62. The number of nitrogens with one attached hydrogen (secondary N) is 1. The molecule has 3 nitrogen and oxygen atoms in total. The van der Waals surface area contributed by atoms with Gasteiger partial charge in [-0.15, -0.1) is 0 Å². The van der Waals surface area contributed by atoms with Crippen LogP contribution < -0.4 is 5.32 Å². The van der Waals surface area contributed by atoms with E-state index in [2.05, 4.69) is 24.1 Å². The van der Waals surface area contributed by atoms with E-state index in [1.165, 1.54) is 6.39 Å². The van der Waals surface area contributed by atoms with Gasteiger partial charge in [-0.3, -0.25) is 0 Å². The van der Waals surface area contributed by atoms with Crippen molar-refractivity contribution in [1.82, 2.24) is 10.3 Å². The smallest absolute Gasteiger partial charge is 0.181 e. The highest BCUT2D eigenvalue weighted by Crippen LogP contribution is 2.28. The molecule has 1 aromatic rings. The van der Waals surface area contributed by atoms with E-state index in [9.17, 15) is 0 Å². The quantitative estimate of drug-likeness (QED) is 0.604. The summed E-state index contributed by atoms with van der Waals surface area (Å²) in [6.45, 7) is 6.12. The summed E-state index contributed by atoms with van der Waals surface area (Å²) in [5.74, 6) is 1.04. The average molecular weight is 152 g/mol. The van der Waals surface area contributed by atoms with Crippen LogP contribution in [0, 0.1) is 0 Å². The predicted octanol–water partition coefficient (Wildman–Crippen LogP) is 1.06. The molecule has 1 aliphatic rings. The molecule has 0 atom stereocenters. The van der Waals surface area contributed by atoms with Crippen LogP contribution in [0.2, 0.25) is 0 Å². The van der Waals surface area contributed by atoms with Crippen molar-refractivity contribution in [2.24, 2.45) is 0 Å². The highest BCUT2D eigenvalue weighted by Gasteiger charge is 2.31. The minimum atomic E-state index is 0.101. The molecule has 0 saturated heterocycles. The lowest BCUT2D eigenvalue weighted by atomic mass is 9.86. The van der Waals surface area contributed by atoms with Crippen LogP contribution >= 0.6 is 0 Å². The van der Waals surface area contributed by atoms with Crippen molar-refractivity contribution in [2.45, 2.75) is 25.8 Å². The van der Waals surface area contributed by atoms with Gasteiger partial charge in [0.25, 0.3) is 0 Å². The van der Waals surface area contributed by atoms with Crippen molar-refractivity contribution in [3.05, 3.63) is 17.8 Å². The second-order valence-electron chi connectivity index (χ2n) is 3.62. The SMILES string of the molecule is CC1(C)CNCc2ncoc21. The Labute approximate surface area is 65.8 Å². The maximum atomic E-state index is 5.32. The van der Waals surface area contributed by atoms with Gasteiger partial charge in [0.05, 0.1) is 5.69 Å². The highest BCUT2D eigenvalue weighted by atomic mass is 16.3. The molecule has 0 aromatic carbocycles. The zero-order chi connectivity index (χ0) is 7.90. The number of aromatic nitrogens is 1. The largest absolute Gasteiger partial charge is 0.448 e. The molecular weight excluding hydrogens is 140 g/mol. The summed E-state index contributed by atoms with van der Waals surface area (Å²) < 4.78 is 5.32. The molecule has 0 saturated carbocycles. The van der Waals surface area contributed by atoms with Crippen LogP contribution in [-0.4, -0.2) is 11.5 Å². The second kappa shape index (κ2) is 2.08. The van der Waals surface area contributed by atoms with E-state index in [-0.39, 0.29) is 5.41 Å². The van der Waals surface area contributed by atoms with Gasteiger partial charge in [0.15, 0.2) is 6.39 Å². The summed E-state index contributed by atoms with van der Waals surface area (Å²) in [5, 5.41) is 3.29. The first-order valence-corrected chi connectivity index (χ1v) is 3.84. The van der Waals surface area contributed by atoms with E-state index >= 15 is 0 Å². The average Bonchev–Trinajstić information content (AvgIpc) is 2.34. The lowest BCUT2D eigenvalue weighted by Crippen LogP contribution is -2.38. The molecular formula is C8H12N2O. The third-order valence-electron chi connectivity index (χ3n) is 2.12. The fourth-order valence-corrected chi connectivity index (χ4v) is 1.52. The Morgan fingerprint density at radius 3 is 3.18 bits per heavy atom. The summed E-state index contributed by atoms with van der Waals surface area (Å²) in [7, 11) is 0. The van der Waals surface area contributed by atoms with Crippen molar-refractivity contribution in [3.63, 3.8) is 0 Å². The molecule has 60 valence electrons. The molecule has 0 radical (unpaired) electrons. The third-order valence-corrected chi connectivity index (χ3v) is 2.12. The molecule has 3 heteroatoms. The molecule has 1 aliphatic heterocycles. The predicted molar refractivity (Wildman–Crippen MR) is 41.2 cm³/mol. The molecule has 0 bridgehead atoms. The fourth-order valence-electron chi connectivity index (χ4n) is 1.52. The lowest BCUT2D eigenvalue weighted by Gasteiger charge is -2.27. The van der Waals surface area contributed by atoms with Gasteiger partial charge < -0.3 is 9.73 Å². The molecule has 0 aliphatic carbocycles. The van der Waals surface area contributed by atoms with Crippen molar-refractivity contribution in [2.75, 3.05) is 6.54 Å². The molecule has 2 heterocycles. The number of oxazole rings is 1. The summed E-state index contributed by atoms with van der Waals surface area (Å²) in [5.41, 5.74) is 1.16. The standard InChI is InChI=1S/C8H12N2O/c1-8(2)4-9-3-6-7(8)11-5-10-6/h5,9H,3-4H2,1-2H3. The Morgan fingerprint density at radius 1 is 1.64 bits per heavy atom. The normalized spacial score (nSPS) is 21.3. The Morgan fingerprint density at radius 2 is 2.45 bits per heavy atom. The van der Waals surface area contributed by atoms with Crippen LogP contribution in [0.15, 0.2) is 10.8 Å². The van der Waals surface area contributed by atoms with Gasteiger partial charge in [-0.1, -0.05) is 13.8 Å². The van der Waals surface area contributed by atoms with E-state index in [0.717, 1.165) is 24.5 Å². The number of hydrogen-bond acceptors (Lipinski definition) is 3. The van der Waals surface area contributed by atoms with Crippen molar-refractivity contribution < 1.29 is 4.42 Å². The molecule has 0 unspecified atom stereocenters. The highest BCUT2D eigenvalue weighted by molar-refractivity contribution is 5.20. The first-order chi connectivity index (χ1) is 5.20. The monoisotopic (exact) mass is 152 g/mol. The van der Waals surface area contributed by atoms with Crippen LogP contribution in [0.3, 0.4) is 0 Å².